The van der Waals surface area contributed by atoms with E-state index in [4.69, 9.17) is 10.5 Å². The molecule has 0 radical (unpaired) electrons. The Kier molecular flexibility index (Phi) is 6.33. The van der Waals surface area contributed by atoms with Crippen LogP contribution < -0.4 is 5.73 Å². The van der Waals surface area contributed by atoms with E-state index in [1.165, 1.54) is 0 Å². The number of aliphatic hydroxyl groups is 1. The fraction of sp³-hybridized carbons (Fsp3) is 0.562. The molecular formula is C16H25N3O3. The van der Waals surface area contributed by atoms with E-state index in [-0.39, 0.29) is 18.6 Å². The fourth-order valence-corrected chi connectivity index (χ4v) is 2.76. The van der Waals surface area contributed by atoms with Crippen molar-refractivity contribution in [1.82, 2.24) is 9.80 Å². The van der Waals surface area contributed by atoms with Crippen LogP contribution in [0.3, 0.4) is 0 Å². The molecule has 1 heterocycles. The number of carbonyl (C=O) groups excluding carboxylic acids is 1. The molecule has 0 saturated carbocycles. The molecule has 2 atom stereocenters. The third-order valence-electron chi connectivity index (χ3n) is 3.78. The Morgan fingerprint density at radius 3 is 2.91 bits per heavy atom. The van der Waals surface area contributed by atoms with Crippen LogP contribution in [0.2, 0.25) is 0 Å². The van der Waals surface area contributed by atoms with Gasteiger partial charge in [0.2, 0.25) is 5.91 Å². The highest BCUT2D eigenvalue weighted by atomic mass is 16.5. The number of rotatable bonds is 7. The monoisotopic (exact) mass is 307 g/mol. The third-order valence-corrected chi connectivity index (χ3v) is 3.78. The van der Waals surface area contributed by atoms with E-state index in [2.05, 4.69) is 4.90 Å². The molecule has 2 rings (SSSR count). The minimum atomic E-state index is -0.497. The van der Waals surface area contributed by atoms with Gasteiger partial charge in [0.15, 0.2) is 0 Å². The van der Waals surface area contributed by atoms with E-state index in [0.717, 1.165) is 18.7 Å². The Bertz CT molecular complexity index is 469. The summed E-state index contributed by atoms with van der Waals surface area (Å²) in [5, 5.41) is 10.3. The molecule has 3 N–H and O–H groups in total. The van der Waals surface area contributed by atoms with Gasteiger partial charge in [-0.2, -0.15) is 0 Å². The van der Waals surface area contributed by atoms with Gasteiger partial charge in [0, 0.05) is 26.2 Å². The number of nitrogens with two attached hydrogens (primary N) is 1. The maximum absolute atomic E-state index is 10.9. The van der Waals surface area contributed by atoms with Gasteiger partial charge in [0.25, 0.3) is 0 Å². The number of β-amino-alcohol motifs (C(OH)–C–C–N with tert-alkyl or cyclic N) is 1. The number of morpholine rings is 1. The first kappa shape index (κ1) is 16.9. The minimum Gasteiger partial charge on any atom is -0.387 e. The van der Waals surface area contributed by atoms with Gasteiger partial charge < -0.3 is 15.6 Å². The van der Waals surface area contributed by atoms with Gasteiger partial charge in [-0.1, -0.05) is 30.3 Å². The Morgan fingerprint density at radius 2 is 2.23 bits per heavy atom. The summed E-state index contributed by atoms with van der Waals surface area (Å²) in [4.78, 5) is 15.0. The van der Waals surface area contributed by atoms with Crippen LogP contribution in [-0.4, -0.2) is 73.3 Å². The molecule has 1 aromatic rings. The van der Waals surface area contributed by atoms with Crippen LogP contribution >= 0.6 is 0 Å². The van der Waals surface area contributed by atoms with Gasteiger partial charge in [-0.05, 0) is 12.6 Å². The average Bonchev–Trinajstić information content (AvgIpc) is 2.47. The first-order valence-corrected chi connectivity index (χ1v) is 7.58. The summed E-state index contributed by atoms with van der Waals surface area (Å²) in [6.45, 7) is 3.65. The molecule has 6 heteroatoms. The Labute approximate surface area is 131 Å². The van der Waals surface area contributed by atoms with Crippen molar-refractivity contribution in [1.29, 1.82) is 0 Å². The summed E-state index contributed by atoms with van der Waals surface area (Å²) in [5.74, 6) is -0.338. The van der Waals surface area contributed by atoms with E-state index in [9.17, 15) is 9.90 Å². The van der Waals surface area contributed by atoms with Crippen molar-refractivity contribution in [2.45, 2.75) is 12.2 Å². The summed E-state index contributed by atoms with van der Waals surface area (Å²) in [7, 11) is 1.85. The number of hydrogen-bond acceptors (Lipinski definition) is 5. The molecule has 0 aromatic heterocycles. The van der Waals surface area contributed by atoms with E-state index in [1.807, 2.05) is 42.3 Å². The Morgan fingerprint density at radius 1 is 1.50 bits per heavy atom. The summed E-state index contributed by atoms with van der Waals surface area (Å²) in [6, 6.07) is 9.67. The molecule has 2 unspecified atom stereocenters. The second-order valence-corrected chi connectivity index (χ2v) is 5.84. The molecule has 1 fully saturated rings. The molecule has 6 nitrogen and oxygen atoms in total. The molecule has 1 aliphatic heterocycles. The van der Waals surface area contributed by atoms with Crippen LogP contribution in [0.25, 0.3) is 0 Å². The van der Waals surface area contributed by atoms with Crippen molar-refractivity contribution in [2.75, 3.05) is 46.4 Å². The SMILES string of the molecule is CN(CC(N)=O)CC1CN(CC(O)c2ccccc2)CCO1. The smallest absolute Gasteiger partial charge is 0.231 e. The van der Waals surface area contributed by atoms with Crippen LogP contribution in [-0.2, 0) is 9.53 Å². The Balaban J connectivity index is 1.81. The predicted molar refractivity (Wildman–Crippen MR) is 84.3 cm³/mol. The normalized spacial score (nSPS) is 21.0. The lowest BCUT2D eigenvalue weighted by molar-refractivity contribution is -0.119. The lowest BCUT2D eigenvalue weighted by Gasteiger charge is -2.35. The first-order chi connectivity index (χ1) is 10.5. The molecule has 1 aromatic carbocycles. The lowest BCUT2D eigenvalue weighted by Crippen LogP contribution is -2.48. The predicted octanol–water partition coefficient (Wildman–Crippen LogP) is -0.162. The molecule has 0 spiro atoms. The van der Waals surface area contributed by atoms with Gasteiger partial charge in [-0.25, -0.2) is 0 Å². The molecule has 0 aliphatic carbocycles. The van der Waals surface area contributed by atoms with Gasteiger partial charge in [0.1, 0.15) is 0 Å². The van der Waals surface area contributed by atoms with E-state index >= 15 is 0 Å². The van der Waals surface area contributed by atoms with Gasteiger partial charge in [-0.15, -0.1) is 0 Å². The van der Waals surface area contributed by atoms with Crippen molar-refractivity contribution >= 4 is 5.91 Å². The highest BCUT2D eigenvalue weighted by Crippen LogP contribution is 2.16. The zero-order chi connectivity index (χ0) is 15.9. The molecule has 122 valence electrons. The zero-order valence-electron chi connectivity index (χ0n) is 13.0. The van der Waals surface area contributed by atoms with Gasteiger partial charge in [0.05, 0.1) is 25.4 Å². The van der Waals surface area contributed by atoms with E-state index < -0.39 is 6.10 Å². The molecular weight excluding hydrogens is 282 g/mol. The quantitative estimate of drug-likeness (QED) is 0.732. The van der Waals surface area contributed by atoms with Crippen LogP contribution in [0.1, 0.15) is 11.7 Å². The van der Waals surface area contributed by atoms with Crippen molar-refractivity contribution < 1.29 is 14.6 Å². The number of nitrogens with zero attached hydrogens (tertiary/aromatic N) is 2. The standard InChI is InChI=1S/C16H25N3O3/c1-18(12-16(17)21)9-14-10-19(7-8-22-14)11-15(20)13-5-3-2-4-6-13/h2-6,14-15,20H,7-12H2,1H3,(H2,17,21). The summed E-state index contributed by atoms with van der Waals surface area (Å²) < 4.78 is 5.73. The maximum atomic E-state index is 10.9. The van der Waals surface area contributed by atoms with Crippen LogP contribution in [0.4, 0.5) is 0 Å². The first-order valence-electron chi connectivity index (χ1n) is 7.58. The number of amides is 1. The van der Waals surface area contributed by atoms with Gasteiger partial charge in [-0.3, -0.25) is 14.6 Å². The number of carbonyl (C=O) groups is 1. The second-order valence-electron chi connectivity index (χ2n) is 5.84. The van der Waals surface area contributed by atoms with Crippen LogP contribution in [0.5, 0.6) is 0 Å². The third kappa shape index (κ3) is 5.38. The number of ether oxygens (including phenoxy) is 1. The summed E-state index contributed by atoms with van der Waals surface area (Å²) in [6.07, 6.45) is -0.468. The number of aliphatic hydroxyl groups excluding tert-OH is 1. The number of hydrogen-bond donors (Lipinski definition) is 2. The Hall–Kier alpha value is -1.47. The van der Waals surface area contributed by atoms with Crippen LogP contribution in [0, 0.1) is 0 Å². The summed E-state index contributed by atoms with van der Waals surface area (Å²) >= 11 is 0. The van der Waals surface area contributed by atoms with E-state index in [0.29, 0.717) is 19.7 Å². The molecule has 1 amide bonds. The topological polar surface area (TPSA) is 79.0 Å². The molecule has 22 heavy (non-hydrogen) atoms. The lowest BCUT2D eigenvalue weighted by atomic mass is 10.1. The van der Waals surface area contributed by atoms with Crippen molar-refractivity contribution in [3.05, 3.63) is 35.9 Å². The highest BCUT2D eigenvalue weighted by molar-refractivity contribution is 5.75. The molecule has 0 bridgehead atoms. The fourth-order valence-electron chi connectivity index (χ4n) is 2.76. The second kappa shape index (κ2) is 8.24. The number of benzene rings is 1. The van der Waals surface area contributed by atoms with Crippen molar-refractivity contribution in [2.24, 2.45) is 5.73 Å². The van der Waals surface area contributed by atoms with Crippen molar-refractivity contribution in [3.8, 4) is 0 Å². The van der Waals surface area contributed by atoms with Crippen LogP contribution in [0.15, 0.2) is 30.3 Å². The maximum Gasteiger partial charge on any atom is 0.231 e. The minimum absolute atomic E-state index is 0.0288. The van der Waals surface area contributed by atoms with Gasteiger partial charge >= 0.3 is 0 Å². The largest absolute Gasteiger partial charge is 0.387 e. The number of likely N-dealkylation sites (N-methyl/N-ethyl adjacent to an activating group) is 1. The molecule has 1 saturated heterocycles. The van der Waals surface area contributed by atoms with Crippen molar-refractivity contribution in [3.63, 3.8) is 0 Å². The zero-order valence-corrected chi connectivity index (χ0v) is 13.0. The number of primary amides is 1. The summed E-state index contributed by atoms with van der Waals surface area (Å²) in [5.41, 5.74) is 6.12. The van der Waals surface area contributed by atoms with E-state index in [1.54, 1.807) is 0 Å². The highest BCUT2D eigenvalue weighted by Gasteiger charge is 2.24. The molecule has 1 aliphatic rings. The average molecular weight is 307 g/mol.